The smallest absolute Gasteiger partial charge is 0.303 e. The lowest BCUT2D eigenvalue weighted by molar-refractivity contribution is -0.137. The first-order valence-corrected chi connectivity index (χ1v) is 8.30. The Morgan fingerprint density at radius 3 is 2.82 bits per heavy atom. The van der Waals surface area contributed by atoms with Crippen molar-refractivity contribution >= 4 is 46.3 Å². The molecule has 0 saturated carbocycles. The second-order valence-corrected chi connectivity index (χ2v) is 6.76. The van der Waals surface area contributed by atoms with Crippen LogP contribution in [-0.2, 0) is 16.6 Å². The van der Waals surface area contributed by atoms with Crippen LogP contribution >= 0.6 is 24.0 Å². The average Bonchev–Trinajstić information content (AvgIpc) is 2.96. The van der Waals surface area contributed by atoms with Gasteiger partial charge in [0, 0.05) is 31.9 Å². The largest absolute Gasteiger partial charge is 0.481 e. The fraction of sp³-hybridized carbons (Fsp3) is 0.400. The van der Waals surface area contributed by atoms with Crippen LogP contribution in [0.4, 0.5) is 0 Å². The lowest BCUT2D eigenvalue weighted by Crippen LogP contribution is -2.29. The second-order valence-electron chi connectivity index (χ2n) is 5.08. The number of carboxylic acids is 1. The van der Waals surface area contributed by atoms with Crippen molar-refractivity contribution in [3.63, 3.8) is 0 Å². The number of thiocarbonyl (C=S) groups is 1. The summed E-state index contributed by atoms with van der Waals surface area (Å²) in [6, 6.07) is 3.87. The molecule has 0 bridgehead atoms. The average molecular weight is 338 g/mol. The number of thioether (sulfide) groups is 1. The van der Waals surface area contributed by atoms with Crippen molar-refractivity contribution < 1.29 is 14.7 Å². The van der Waals surface area contributed by atoms with Gasteiger partial charge in [-0.3, -0.25) is 14.5 Å². The van der Waals surface area contributed by atoms with E-state index in [1.807, 2.05) is 36.0 Å². The zero-order chi connectivity index (χ0) is 16.1. The minimum atomic E-state index is -0.781. The van der Waals surface area contributed by atoms with E-state index in [1.54, 1.807) is 4.90 Å². The number of carboxylic acid groups (broad SMARTS) is 1. The Balaban J connectivity index is 1.90. The molecule has 0 atom stereocenters. The van der Waals surface area contributed by atoms with E-state index in [0.29, 0.717) is 22.2 Å². The van der Waals surface area contributed by atoms with E-state index in [4.69, 9.17) is 17.3 Å². The summed E-state index contributed by atoms with van der Waals surface area (Å²) in [7, 11) is 1.93. The van der Waals surface area contributed by atoms with Crippen LogP contribution < -0.4 is 0 Å². The molecule has 0 radical (unpaired) electrons. The highest BCUT2D eigenvalue weighted by Crippen LogP contribution is 2.32. The van der Waals surface area contributed by atoms with Gasteiger partial charge in [-0.1, -0.05) is 30.4 Å². The molecule has 22 heavy (non-hydrogen) atoms. The highest BCUT2D eigenvalue weighted by Gasteiger charge is 2.31. The quantitative estimate of drug-likeness (QED) is 0.470. The predicted molar refractivity (Wildman–Crippen MR) is 91.4 cm³/mol. The first-order valence-electron chi connectivity index (χ1n) is 7.07. The van der Waals surface area contributed by atoms with Crippen molar-refractivity contribution in [2.75, 3.05) is 6.54 Å². The topological polar surface area (TPSA) is 62.5 Å². The molecule has 0 spiro atoms. The van der Waals surface area contributed by atoms with Crippen LogP contribution in [0.1, 0.15) is 31.4 Å². The molecule has 118 valence electrons. The van der Waals surface area contributed by atoms with Crippen molar-refractivity contribution in [3.8, 4) is 0 Å². The summed E-state index contributed by atoms with van der Waals surface area (Å²) >= 11 is 6.59. The van der Waals surface area contributed by atoms with E-state index in [9.17, 15) is 9.59 Å². The molecule has 1 aromatic heterocycles. The zero-order valence-electron chi connectivity index (χ0n) is 12.3. The minimum Gasteiger partial charge on any atom is -0.481 e. The van der Waals surface area contributed by atoms with Crippen molar-refractivity contribution in [1.29, 1.82) is 0 Å². The second kappa shape index (κ2) is 7.60. The Morgan fingerprint density at radius 1 is 1.41 bits per heavy atom. The van der Waals surface area contributed by atoms with Crippen LogP contribution in [0.25, 0.3) is 6.08 Å². The van der Waals surface area contributed by atoms with Gasteiger partial charge in [-0.15, -0.1) is 0 Å². The number of rotatable bonds is 7. The Morgan fingerprint density at radius 2 is 2.18 bits per heavy atom. The molecule has 2 heterocycles. The van der Waals surface area contributed by atoms with E-state index in [0.717, 1.165) is 18.5 Å². The fourth-order valence-electron chi connectivity index (χ4n) is 2.17. The van der Waals surface area contributed by atoms with E-state index in [-0.39, 0.29) is 12.3 Å². The SMILES string of the molecule is Cn1cccc1/C=C1/SC(=S)N(CCCCCC(=O)O)C1=O. The van der Waals surface area contributed by atoms with Crippen LogP contribution in [0.5, 0.6) is 0 Å². The fourth-order valence-corrected chi connectivity index (χ4v) is 3.47. The molecule has 1 fully saturated rings. The molecule has 7 heteroatoms. The van der Waals surface area contributed by atoms with Gasteiger partial charge in [0.2, 0.25) is 0 Å². The number of aromatic nitrogens is 1. The number of unbranched alkanes of at least 4 members (excludes halogenated alkanes) is 2. The molecule has 1 N–H and O–H groups in total. The van der Waals surface area contributed by atoms with Crippen molar-refractivity contribution in [2.24, 2.45) is 7.05 Å². The van der Waals surface area contributed by atoms with Gasteiger partial charge in [0.25, 0.3) is 5.91 Å². The van der Waals surface area contributed by atoms with Gasteiger partial charge >= 0.3 is 5.97 Å². The molecule has 1 aliphatic rings. The summed E-state index contributed by atoms with van der Waals surface area (Å²) in [5.74, 6) is -0.842. The van der Waals surface area contributed by atoms with Crippen LogP contribution in [0.15, 0.2) is 23.2 Å². The van der Waals surface area contributed by atoms with Crippen molar-refractivity contribution in [3.05, 3.63) is 28.9 Å². The van der Waals surface area contributed by atoms with Crippen LogP contribution in [-0.4, -0.2) is 37.3 Å². The Labute approximate surface area is 139 Å². The number of carbonyl (C=O) groups is 2. The third-order valence-electron chi connectivity index (χ3n) is 3.41. The molecule has 2 rings (SSSR count). The molecule has 1 amide bonds. The number of aliphatic carboxylic acids is 1. The maximum Gasteiger partial charge on any atom is 0.303 e. The Hall–Kier alpha value is -1.60. The molecule has 0 aromatic carbocycles. The number of carbonyl (C=O) groups excluding carboxylic acids is 1. The highest BCUT2D eigenvalue weighted by molar-refractivity contribution is 8.26. The van der Waals surface area contributed by atoms with E-state index < -0.39 is 5.97 Å². The Kier molecular flexibility index (Phi) is 5.79. The Bertz CT molecular complexity index is 622. The van der Waals surface area contributed by atoms with Gasteiger partial charge in [0.05, 0.1) is 4.91 Å². The lowest BCUT2D eigenvalue weighted by Gasteiger charge is -2.13. The zero-order valence-corrected chi connectivity index (χ0v) is 14.0. The summed E-state index contributed by atoms with van der Waals surface area (Å²) in [5, 5.41) is 8.59. The molecular weight excluding hydrogens is 320 g/mol. The molecular formula is C15H18N2O3S2. The van der Waals surface area contributed by atoms with Gasteiger partial charge in [-0.05, 0) is 31.1 Å². The summed E-state index contributed by atoms with van der Waals surface area (Å²) in [6.45, 7) is 0.550. The number of hydrogen-bond donors (Lipinski definition) is 1. The first kappa shape index (κ1) is 16.8. The molecule has 1 aliphatic heterocycles. The maximum absolute atomic E-state index is 12.4. The molecule has 0 aliphatic carbocycles. The van der Waals surface area contributed by atoms with Crippen molar-refractivity contribution in [2.45, 2.75) is 25.7 Å². The maximum atomic E-state index is 12.4. The van der Waals surface area contributed by atoms with Crippen LogP contribution in [0.3, 0.4) is 0 Å². The minimum absolute atomic E-state index is 0.0607. The lowest BCUT2D eigenvalue weighted by atomic mass is 10.2. The highest BCUT2D eigenvalue weighted by atomic mass is 32.2. The number of hydrogen-bond acceptors (Lipinski definition) is 4. The van der Waals surface area contributed by atoms with Gasteiger partial charge in [0.15, 0.2) is 0 Å². The van der Waals surface area contributed by atoms with Crippen LogP contribution in [0, 0.1) is 0 Å². The standard InChI is InChI=1S/C15H18N2O3S2/c1-16-8-5-6-11(16)10-12-14(20)17(15(21)22-12)9-4-2-3-7-13(18)19/h5-6,8,10H,2-4,7,9H2,1H3,(H,18,19)/b12-10+. The molecule has 0 unspecified atom stereocenters. The first-order chi connectivity index (χ1) is 10.5. The third kappa shape index (κ3) is 4.20. The summed E-state index contributed by atoms with van der Waals surface area (Å²) in [6.07, 6.45) is 6.12. The van der Waals surface area contributed by atoms with Crippen LogP contribution in [0.2, 0.25) is 0 Å². The monoisotopic (exact) mass is 338 g/mol. The third-order valence-corrected chi connectivity index (χ3v) is 4.79. The molecule has 5 nitrogen and oxygen atoms in total. The summed E-state index contributed by atoms with van der Waals surface area (Å²) < 4.78 is 2.52. The summed E-state index contributed by atoms with van der Waals surface area (Å²) in [5.41, 5.74) is 0.960. The van der Waals surface area contributed by atoms with Gasteiger partial charge in [-0.2, -0.15) is 0 Å². The molecule has 1 aromatic rings. The number of amides is 1. The van der Waals surface area contributed by atoms with Gasteiger partial charge in [0.1, 0.15) is 4.32 Å². The summed E-state index contributed by atoms with van der Waals surface area (Å²) in [4.78, 5) is 25.1. The predicted octanol–water partition coefficient (Wildman–Crippen LogP) is 2.87. The normalized spacial score (nSPS) is 16.8. The van der Waals surface area contributed by atoms with E-state index >= 15 is 0 Å². The molecule has 1 saturated heterocycles. The number of nitrogens with zero attached hydrogens (tertiary/aromatic N) is 2. The van der Waals surface area contributed by atoms with Crippen molar-refractivity contribution in [1.82, 2.24) is 9.47 Å². The van der Waals surface area contributed by atoms with E-state index in [2.05, 4.69) is 0 Å². The number of aryl methyl sites for hydroxylation is 1. The van der Waals surface area contributed by atoms with Gasteiger partial charge in [-0.25, -0.2) is 0 Å². The van der Waals surface area contributed by atoms with Gasteiger partial charge < -0.3 is 9.67 Å². The van der Waals surface area contributed by atoms with E-state index in [1.165, 1.54) is 11.8 Å².